The molecule has 0 saturated heterocycles. The zero-order chi connectivity index (χ0) is 13.8. The number of hydrogen-bond donors (Lipinski definition) is 2. The standard InChI is InChI=1S/C14H24FN3/c1-10(7-14(2,3)4)5-13(18-16)11-6-12(15)9-17-8-11/h6,8-10,13,18H,5,7,16H2,1-4H3. The normalized spacial score (nSPS) is 15.4. The Morgan fingerprint density at radius 2 is 2.06 bits per heavy atom. The Kier molecular flexibility index (Phi) is 5.23. The topological polar surface area (TPSA) is 50.9 Å². The van der Waals surface area contributed by atoms with E-state index in [0.29, 0.717) is 11.3 Å². The summed E-state index contributed by atoms with van der Waals surface area (Å²) in [7, 11) is 0. The lowest BCUT2D eigenvalue weighted by Crippen LogP contribution is -2.30. The summed E-state index contributed by atoms with van der Waals surface area (Å²) in [6.07, 6.45) is 4.85. The summed E-state index contributed by atoms with van der Waals surface area (Å²) in [6.45, 7) is 8.86. The molecule has 1 heterocycles. The minimum Gasteiger partial charge on any atom is -0.271 e. The molecular formula is C14H24FN3. The molecular weight excluding hydrogens is 229 g/mol. The van der Waals surface area contributed by atoms with Crippen LogP contribution in [0, 0.1) is 17.2 Å². The molecule has 1 rings (SSSR count). The van der Waals surface area contributed by atoms with E-state index in [0.717, 1.165) is 18.4 Å². The number of nitrogens with one attached hydrogen (secondary N) is 1. The van der Waals surface area contributed by atoms with Gasteiger partial charge in [-0.2, -0.15) is 0 Å². The fourth-order valence-electron chi connectivity index (χ4n) is 2.45. The van der Waals surface area contributed by atoms with Crippen molar-refractivity contribution < 1.29 is 4.39 Å². The highest BCUT2D eigenvalue weighted by molar-refractivity contribution is 5.14. The van der Waals surface area contributed by atoms with E-state index in [1.165, 1.54) is 12.3 Å². The third-order valence-corrected chi connectivity index (χ3v) is 2.93. The first-order chi connectivity index (χ1) is 8.31. The van der Waals surface area contributed by atoms with Gasteiger partial charge in [0.25, 0.3) is 0 Å². The van der Waals surface area contributed by atoms with E-state index in [4.69, 9.17) is 5.84 Å². The minimum absolute atomic E-state index is 0.0504. The largest absolute Gasteiger partial charge is 0.271 e. The Hall–Kier alpha value is -1.00. The molecule has 0 spiro atoms. The Balaban J connectivity index is 2.67. The quantitative estimate of drug-likeness (QED) is 0.626. The highest BCUT2D eigenvalue weighted by atomic mass is 19.1. The lowest BCUT2D eigenvalue weighted by molar-refractivity contribution is 0.276. The van der Waals surface area contributed by atoms with E-state index < -0.39 is 0 Å². The van der Waals surface area contributed by atoms with Crippen LogP contribution in [-0.2, 0) is 0 Å². The summed E-state index contributed by atoms with van der Waals surface area (Å²) in [4.78, 5) is 3.86. The molecule has 1 aromatic heterocycles. The summed E-state index contributed by atoms with van der Waals surface area (Å²) in [5.41, 5.74) is 3.85. The maximum atomic E-state index is 13.1. The van der Waals surface area contributed by atoms with Gasteiger partial charge in [0, 0.05) is 12.2 Å². The molecule has 2 unspecified atom stereocenters. The highest BCUT2D eigenvalue weighted by Gasteiger charge is 2.20. The molecule has 2 atom stereocenters. The van der Waals surface area contributed by atoms with Crippen molar-refractivity contribution in [3.63, 3.8) is 0 Å². The molecule has 0 fully saturated rings. The number of nitrogens with two attached hydrogens (primary N) is 1. The van der Waals surface area contributed by atoms with Crippen molar-refractivity contribution in [3.8, 4) is 0 Å². The van der Waals surface area contributed by atoms with Gasteiger partial charge in [0.1, 0.15) is 5.82 Å². The summed E-state index contributed by atoms with van der Waals surface area (Å²) >= 11 is 0. The lowest BCUT2D eigenvalue weighted by atomic mass is 9.82. The maximum absolute atomic E-state index is 13.1. The molecule has 3 nitrogen and oxygen atoms in total. The maximum Gasteiger partial charge on any atom is 0.141 e. The molecule has 0 saturated carbocycles. The predicted octanol–water partition coefficient (Wildman–Crippen LogP) is 3.19. The first-order valence-corrected chi connectivity index (χ1v) is 6.38. The van der Waals surface area contributed by atoms with Gasteiger partial charge in [-0.1, -0.05) is 27.7 Å². The minimum atomic E-state index is -0.323. The molecule has 0 aliphatic rings. The second-order valence-corrected chi connectivity index (χ2v) is 6.26. The van der Waals surface area contributed by atoms with Crippen LogP contribution in [0.2, 0.25) is 0 Å². The molecule has 1 aromatic rings. The zero-order valence-electron chi connectivity index (χ0n) is 11.7. The van der Waals surface area contributed by atoms with E-state index in [9.17, 15) is 4.39 Å². The second-order valence-electron chi connectivity index (χ2n) is 6.26. The SMILES string of the molecule is CC(CC(NN)c1cncc(F)c1)CC(C)(C)C. The third kappa shape index (κ3) is 5.10. The average molecular weight is 253 g/mol. The summed E-state index contributed by atoms with van der Waals surface area (Å²) < 4.78 is 13.1. The monoisotopic (exact) mass is 253 g/mol. The van der Waals surface area contributed by atoms with Gasteiger partial charge in [0.15, 0.2) is 0 Å². The van der Waals surface area contributed by atoms with E-state index in [1.54, 1.807) is 6.20 Å². The van der Waals surface area contributed by atoms with E-state index in [1.807, 2.05) is 0 Å². The molecule has 0 aliphatic carbocycles. The highest BCUT2D eigenvalue weighted by Crippen LogP contribution is 2.30. The van der Waals surface area contributed by atoms with Gasteiger partial charge in [-0.3, -0.25) is 16.3 Å². The number of rotatable bonds is 5. The number of halogens is 1. The van der Waals surface area contributed by atoms with Crippen molar-refractivity contribution in [1.82, 2.24) is 10.4 Å². The van der Waals surface area contributed by atoms with Crippen LogP contribution in [0.3, 0.4) is 0 Å². The van der Waals surface area contributed by atoms with Crippen LogP contribution in [0.4, 0.5) is 4.39 Å². The number of pyridine rings is 1. The Morgan fingerprint density at radius 3 is 2.56 bits per heavy atom. The van der Waals surface area contributed by atoms with Crippen LogP contribution in [0.15, 0.2) is 18.5 Å². The molecule has 0 aromatic carbocycles. The molecule has 4 heteroatoms. The lowest BCUT2D eigenvalue weighted by Gasteiger charge is -2.26. The molecule has 0 amide bonds. The van der Waals surface area contributed by atoms with Crippen LogP contribution in [0.25, 0.3) is 0 Å². The molecule has 0 radical (unpaired) electrons. The second kappa shape index (κ2) is 6.25. The van der Waals surface area contributed by atoms with Crippen molar-refractivity contribution in [2.24, 2.45) is 17.2 Å². The molecule has 0 aliphatic heterocycles. The number of hydrazine groups is 1. The van der Waals surface area contributed by atoms with E-state index in [2.05, 4.69) is 38.1 Å². The van der Waals surface area contributed by atoms with Crippen LogP contribution in [-0.4, -0.2) is 4.98 Å². The van der Waals surface area contributed by atoms with Gasteiger partial charge < -0.3 is 0 Å². The third-order valence-electron chi connectivity index (χ3n) is 2.93. The van der Waals surface area contributed by atoms with Crippen LogP contribution >= 0.6 is 0 Å². The number of aromatic nitrogens is 1. The number of nitrogens with zero attached hydrogens (tertiary/aromatic N) is 1. The average Bonchev–Trinajstić information content (AvgIpc) is 2.23. The molecule has 3 N–H and O–H groups in total. The van der Waals surface area contributed by atoms with E-state index >= 15 is 0 Å². The Labute approximate surface area is 109 Å². The van der Waals surface area contributed by atoms with Crippen molar-refractivity contribution in [3.05, 3.63) is 29.8 Å². The van der Waals surface area contributed by atoms with Crippen molar-refractivity contribution in [2.45, 2.75) is 46.6 Å². The Bertz CT molecular complexity index is 374. The summed E-state index contributed by atoms with van der Waals surface area (Å²) in [5.74, 6) is 5.75. The van der Waals surface area contributed by atoms with Gasteiger partial charge in [-0.25, -0.2) is 4.39 Å². The Morgan fingerprint density at radius 1 is 1.39 bits per heavy atom. The summed E-state index contributed by atoms with van der Waals surface area (Å²) in [5, 5.41) is 0. The summed E-state index contributed by atoms with van der Waals surface area (Å²) in [6, 6.07) is 1.44. The van der Waals surface area contributed by atoms with Gasteiger partial charge in [0.05, 0.1) is 6.20 Å². The fourth-order valence-corrected chi connectivity index (χ4v) is 2.45. The zero-order valence-corrected chi connectivity index (χ0v) is 11.7. The predicted molar refractivity (Wildman–Crippen MR) is 72.1 cm³/mol. The van der Waals surface area contributed by atoms with Gasteiger partial charge in [0.2, 0.25) is 0 Å². The van der Waals surface area contributed by atoms with Crippen LogP contribution < -0.4 is 11.3 Å². The first kappa shape index (κ1) is 15.1. The van der Waals surface area contributed by atoms with Crippen LogP contribution in [0.1, 0.15) is 52.1 Å². The molecule has 0 bridgehead atoms. The van der Waals surface area contributed by atoms with Crippen molar-refractivity contribution in [1.29, 1.82) is 0 Å². The van der Waals surface area contributed by atoms with Crippen molar-refractivity contribution in [2.75, 3.05) is 0 Å². The molecule has 18 heavy (non-hydrogen) atoms. The first-order valence-electron chi connectivity index (χ1n) is 6.38. The smallest absolute Gasteiger partial charge is 0.141 e. The van der Waals surface area contributed by atoms with E-state index in [-0.39, 0.29) is 11.9 Å². The van der Waals surface area contributed by atoms with Gasteiger partial charge >= 0.3 is 0 Å². The molecule has 102 valence electrons. The van der Waals surface area contributed by atoms with Crippen molar-refractivity contribution >= 4 is 0 Å². The van der Waals surface area contributed by atoms with Gasteiger partial charge in [-0.05, 0) is 35.8 Å². The number of hydrogen-bond acceptors (Lipinski definition) is 3. The van der Waals surface area contributed by atoms with Gasteiger partial charge in [-0.15, -0.1) is 0 Å². The fraction of sp³-hybridized carbons (Fsp3) is 0.643. The van der Waals surface area contributed by atoms with Crippen LogP contribution in [0.5, 0.6) is 0 Å².